The summed E-state index contributed by atoms with van der Waals surface area (Å²) in [5.41, 5.74) is 4.20. The van der Waals surface area contributed by atoms with Gasteiger partial charge in [-0.1, -0.05) is 29.8 Å². The van der Waals surface area contributed by atoms with Gasteiger partial charge in [0.2, 0.25) is 11.8 Å². The van der Waals surface area contributed by atoms with Crippen molar-refractivity contribution < 1.29 is 23.5 Å². The average molecular weight is 484 g/mol. The van der Waals surface area contributed by atoms with E-state index in [9.17, 15) is 14.0 Å². The Morgan fingerprint density at radius 1 is 1.00 bits per heavy atom. The first-order valence-electron chi connectivity index (χ1n) is 10.4. The van der Waals surface area contributed by atoms with Gasteiger partial charge in [0.1, 0.15) is 18.8 Å². The van der Waals surface area contributed by atoms with Crippen molar-refractivity contribution in [1.82, 2.24) is 5.43 Å². The molecule has 9 heteroatoms. The maximum atomic E-state index is 12.9. The van der Waals surface area contributed by atoms with Crippen molar-refractivity contribution in [2.75, 3.05) is 11.9 Å². The van der Waals surface area contributed by atoms with Crippen LogP contribution in [0.3, 0.4) is 0 Å². The van der Waals surface area contributed by atoms with E-state index >= 15 is 0 Å². The van der Waals surface area contributed by atoms with E-state index < -0.39 is 24.1 Å². The van der Waals surface area contributed by atoms with Crippen LogP contribution in [0.4, 0.5) is 10.1 Å². The molecule has 0 spiro atoms. The van der Waals surface area contributed by atoms with Crippen molar-refractivity contribution >= 4 is 35.3 Å². The van der Waals surface area contributed by atoms with Crippen LogP contribution in [0.2, 0.25) is 5.02 Å². The minimum atomic E-state index is -0.597. The molecule has 0 fully saturated rings. The lowest BCUT2D eigenvalue weighted by molar-refractivity contribution is -0.126. The van der Waals surface area contributed by atoms with Crippen LogP contribution in [0.15, 0.2) is 71.8 Å². The Kier molecular flexibility index (Phi) is 8.99. The summed E-state index contributed by atoms with van der Waals surface area (Å²) < 4.78 is 24.4. The SMILES string of the molecule is CCOc1cc(C=NNC(=O)CC(=O)Nc2ccc(F)cc2)ccc1OCc1ccccc1Cl. The number of benzene rings is 3. The molecule has 34 heavy (non-hydrogen) atoms. The Hall–Kier alpha value is -3.91. The van der Waals surface area contributed by atoms with Gasteiger partial charge in [-0.3, -0.25) is 9.59 Å². The predicted octanol–water partition coefficient (Wildman–Crippen LogP) is 4.94. The zero-order chi connectivity index (χ0) is 24.3. The first-order valence-corrected chi connectivity index (χ1v) is 10.8. The van der Waals surface area contributed by atoms with Crippen molar-refractivity contribution in [1.29, 1.82) is 0 Å². The van der Waals surface area contributed by atoms with Crippen LogP contribution in [-0.2, 0) is 16.2 Å². The fraction of sp³-hybridized carbons (Fsp3) is 0.160. The molecule has 3 rings (SSSR count). The minimum absolute atomic E-state index is 0.281. The highest BCUT2D eigenvalue weighted by molar-refractivity contribution is 6.31. The number of hydrogen-bond donors (Lipinski definition) is 2. The average Bonchev–Trinajstić information content (AvgIpc) is 2.81. The molecule has 0 aliphatic heterocycles. The molecule has 0 aliphatic rings. The van der Waals surface area contributed by atoms with Crippen molar-refractivity contribution in [3.63, 3.8) is 0 Å². The molecule has 176 valence electrons. The van der Waals surface area contributed by atoms with Crippen LogP contribution < -0.4 is 20.2 Å². The number of ether oxygens (including phenoxy) is 2. The van der Waals surface area contributed by atoms with Crippen molar-refractivity contribution in [3.05, 3.63) is 88.7 Å². The molecule has 2 amide bonds. The number of amides is 2. The lowest BCUT2D eigenvalue weighted by Gasteiger charge is -2.13. The van der Waals surface area contributed by atoms with Gasteiger partial charge in [0, 0.05) is 16.3 Å². The summed E-state index contributed by atoms with van der Waals surface area (Å²) in [6.45, 7) is 2.57. The summed E-state index contributed by atoms with van der Waals surface area (Å²) in [6, 6.07) is 17.9. The van der Waals surface area contributed by atoms with Gasteiger partial charge in [-0.25, -0.2) is 9.82 Å². The van der Waals surface area contributed by atoms with Gasteiger partial charge < -0.3 is 14.8 Å². The monoisotopic (exact) mass is 483 g/mol. The molecular weight excluding hydrogens is 461 g/mol. The number of carbonyl (C=O) groups is 2. The van der Waals surface area contributed by atoms with Crippen molar-refractivity contribution in [3.8, 4) is 11.5 Å². The molecule has 3 aromatic carbocycles. The van der Waals surface area contributed by atoms with Crippen LogP contribution in [0, 0.1) is 5.82 Å². The number of hydrogen-bond acceptors (Lipinski definition) is 5. The first-order chi connectivity index (χ1) is 16.4. The highest BCUT2D eigenvalue weighted by atomic mass is 35.5. The van der Waals surface area contributed by atoms with Crippen LogP contribution in [0.25, 0.3) is 0 Å². The van der Waals surface area contributed by atoms with Gasteiger partial charge >= 0.3 is 0 Å². The summed E-state index contributed by atoms with van der Waals surface area (Å²) in [5.74, 6) is -0.500. The largest absolute Gasteiger partial charge is 0.490 e. The zero-order valence-corrected chi connectivity index (χ0v) is 19.1. The Labute approximate surface area is 201 Å². The number of nitrogens with zero attached hydrogens (tertiary/aromatic N) is 1. The second-order valence-corrected chi connectivity index (χ2v) is 7.45. The van der Waals surface area contributed by atoms with E-state index in [1.165, 1.54) is 30.5 Å². The van der Waals surface area contributed by atoms with Crippen molar-refractivity contribution in [2.45, 2.75) is 20.0 Å². The van der Waals surface area contributed by atoms with Crippen LogP contribution in [0.1, 0.15) is 24.5 Å². The standard InChI is InChI=1S/C25H23ClFN3O4/c1-2-33-23-13-17(7-12-22(23)34-16-18-5-3-4-6-21(18)26)15-28-30-25(32)14-24(31)29-20-10-8-19(27)9-11-20/h3-13,15H,2,14,16H2,1H3,(H,29,31)(H,30,32). The maximum absolute atomic E-state index is 12.9. The lowest BCUT2D eigenvalue weighted by Crippen LogP contribution is -2.24. The van der Waals surface area contributed by atoms with E-state index in [1.54, 1.807) is 24.3 Å². The summed E-state index contributed by atoms with van der Waals surface area (Å²) in [5, 5.41) is 7.00. The van der Waals surface area contributed by atoms with Gasteiger partial charge in [-0.15, -0.1) is 0 Å². The smallest absolute Gasteiger partial charge is 0.249 e. The Morgan fingerprint density at radius 2 is 1.76 bits per heavy atom. The Morgan fingerprint density at radius 3 is 2.50 bits per heavy atom. The van der Waals surface area contributed by atoms with Gasteiger partial charge in [0.15, 0.2) is 11.5 Å². The minimum Gasteiger partial charge on any atom is -0.490 e. The number of anilines is 1. The van der Waals surface area contributed by atoms with E-state index in [4.69, 9.17) is 21.1 Å². The number of carbonyl (C=O) groups excluding carboxylic acids is 2. The summed E-state index contributed by atoms with van der Waals surface area (Å²) >= 11 is 6.18. The predicted molar refractivity (Wildman–Crippen MR) is 129 cm³/mol. The molecule has 0 atom stereocenters. The van der Waals surface area contributed by atoms with Crippen molar-refractivity contribution in [2.24, 2.45) is 5.10 Å². The molecule has 2 N–H and O–H groups in total. The van der Waals surface area contributed by atoms with Crippen LogP contribution in [0.5, 0.6) is 11.5 Å². The molecule has 0 saturated carbocycles. The summed E-state index contributed by atoms with van der Waals surface area (Å²) in [6.07, 6.45) is 0.990. The van der Waals surface area contributed by atoms with E-state index in [1.807, 2.05) is 25.1 Å². The summed E-state index contributed by atoms with van der Waals surface area (Å²) in [4.78, 5) is 23.9. The zero-order valence-electron chi connectivity index (χ0n) is 18.4. The third-order valence-electron chi connectivity index (χ3n) is 4.46. The van der Waals surface area contributed by atoms with E-state index in [-0.39, 0.29) is 6.61 Å². The van der Waals surface area contributed by atoms with Crippen LogP contribution in [-0.4, -0.2) is 24.6 Å². The van der Waals surface area contributed by atoms with E-state index in [0.29, 0.717) is 34.4 Å². The van der Waals surface area contributed by atoms with E-state index in [2.05, 4.69) is 15.8 Å². The number of nitrogens with one attached hydrogen (secondary N) is 2. The number of rotatable bonds is 10. The highest BCUT2D eigenvalue weighted by Crippen LogP contribution is 2.29. The second kappa shape index (κ2) is 12.4. The summed E-state index contributed by atoms with van der Waals surface area (Å²) in [7, 11) is 0. The lowest BCUT2D eigenvalue weighted by atomic mass is 10.2. The molecule has 7 nitrogen and oxygen atoms in total. The fourth-order valence-electron chi connectivity index (χ4n) is 2.87. The molecule has 0 bridgehead atoms. The molecule has 0 radical (unpaired) electrons. The van der Waals surface area contributed by atoms with Gasteiger partial charge in [-0.05, 0) is 61.0 Å². The topological polar surface area (TPSA) is 89.0 Å². The number of halogens is 2. The normalized spacial score (nSPS) is 10.7. The Bertz CT molecular complexity index is 1170. The molecule has 0 aliphatic carbocycles. The van der Waals surface area contributed by atoms with Gasteiger partial charge in [-0.2, -0.15) is 5.10 Å². The third kappa shape index (κ3) is 7.60. The first kappa shape index (κ1) is 24.7. The van der Waals surface area contributed by atoms with Crippen LogP contribution >= 0.6 is 11.6 Å². The molecule has 0 aromatic heterocycles. The quantitative estimate of drug-likeness (QED) is 0.243. The fourth-order valence-corrected chi connectivity index (χ4v) is 3.06. The second-order valence-electron chi connectivity index (χ2n) is 7.04. The number of hydrazone groups is 1. The molecule has 0 heterocycles. The molecule has 0 saturated heterocycles. The van der Waals surface area contributed by atoms with E-state index in [0.717, 1.165) is 5.56 Å². The van der Waals surface area contributed by atoms with Gasteiger partial charge in [0.05, 0.1) is 12.8 Å². The third-order valence-corrected chi connectivity index (χ3v) is 4.83. The highest BCUT2D eigenvalue weighted by Gasteiger charge is 2.10. The molecular formula is C25H23ClFN3O4. The maximum Gasteiger partial charge on any atom is 0.249 e. The van der Waals surface area contributed by atoms with Gasteiger partial charge in [0.25, 0.3) is 0 Å². The molecule has 3 aromatic rings. The Balaban J connectivity index is 1.54. The molecule has 0 unspecified atom stereocenters.